The maximum atomic E-state index is 14.7. The average Bonchev–Trinajstić information content (AvgIpc) is 2.83. The van der Waals surface area contributed by atoms with Crippen LogP contribution in [0.3, 0.4) is 0 Å². The van der Waals surface area contributed by atoms with Crippen molar-refractivity contribution in [2.75, 3.05) is 0 Å². The lowest BCUT2D eigenvalue weighted by atomic mass is 10.3. The molecule has 0 bridgehead atoms. The molecule has 4 rings (SSSR count). The Balaban J connectivity index is 2.08. The molecular formula is C24H15F5OSi. The zero-order valence-corrected chi connectivity index (χ0v) is 17.0. The first-order chi connectivity index (χ1) is 15.0. The summed E-state index contributed by atoms with van der Waals surface area (Å²) in [7, 11) is -3.73. The smallest absolute Gasteiger partial charge is 0.347 e. The van der Waals surface area contributed by atoms with Gasteiger partial charge >= 0.3 is 8.32 Å². The predicted octanol–water partition coefficient (Wildman–Crippen LogP) is 4.43. The Morgan fingerprint density at radius 3 is 1.03 bits per heavy atom. The number of benzene rings is 4. The summed E-state index contributed by atoms with van der Waals surface area (Å²) in [5, 5.41) is 1.74. The Morgan fingerprint density at radius 1 is 0.419 bits per heavy atom. The molecule has 156 valence electrons. The van der Waals surface area contributed by atoms with Gasteiger partial charge in [-0.15, -0.1) is 0 Å². The molecule has 0 atom stereocenters. The summed E-state index contributed by atoms with van der Waals surface area (Å²) < 4.78 is 76.8. The van der Waals surface area contributed by atoms with Gasteiger partial charge in [-0.05, 0) is 15.6 Å². The van der Waals surface area contributed by atoms with Gasteiger partial charge in [0.15, 0.2) is 5.75 Å². The molecule has 7 heteroatoms. The van der Waals surface area contributed by atoms with E-state index in [2.05, 4.69) is 0 Å². The van der Waals surface area contributed by atoms with Crippen molar-refractivity contribution in [2.45, 2.75) is 0 Å². The van der Waals surface area contributed by atoms with Crippen molar-refractivity contribution in [2.24, 2.45) is 0 Å². The Morgan fingerprint density at radius 2 is 0.710 bits per heavy atom. The normalized spacial score (nSPS) is 11.4. The Bertz CT molecular complexity index is 1080. The zero-order valence-electron chi connectivity index (χ0n) is 16.0. The monoisotopic (exact) mass is 442 g/mol. The van der Waals surface area contributed by atoms with Gasteiger partial charge in [-0.3, -0.25) is 0 Å². The fourth-order valence-electron chi connectivity index (χ4n) is 3.52. The molecule has 4 aromatic carbocycles. The first-order valence-electron chi connectivity index (χ1n) is 9.34. The molecule has 0 aromatic heterocycles. The van der Waals surface area contributed by atoms with E-state index in [0.29, 0.717) is 15.6 Å². The van der Waals surface area contributed by atoms with Gasteiger partial charge in [-0.2, -0.15) is 8.78 Å². The summed E-state index contributed by atoms with van der Waals surface area (Å²) in [5.41, 5.74) is 0. The highest BCUT2D eigenvalue weighted by molar-refractivity contribution is 7.07. The van der Waals surface area contributed by atoms with Crippen LogP contribution >= 0.6 is 0 Å². The third kappa shape index (κ3) is 3.51. The maximum absolute atomic E-state index is 14.7. The van der Waals surface area contributed by atoms with Gasteiger partial charge in [0.05, 0.1) is 0 Å². The number of hydrogen-bond acceptors (Lipinski definition) is 1. The Labute approximate surface area is 176 Å². The van der Waals surface area contributed by atoms with Crippen molar-refractivity contribution in [3.63, 3.8) is 0 Å². The van der Waals surface area contributed by atoms with Crippen molar-refractivity contribution >= 4 is 23.9 Å². The lowest BCUT2D eigenvalue weighted by Gasteiger charge is -2.33. The van der Waals surface area contributed by atoms with Gasteiger partial charge in [0.2, 0.25) is 29.1 Å². The first kappa shape index (κ1) is 20.8. The SMILES string of the molecule is Fc1c(F)c(F)c(O[Si](c2ccccc2)(c2ccccc2)c2ccccc2)c(F)c1F. The van der Waals surface area contributed by atoms with Gasteiger partial charge in [0.1, 0.15) is 0 Å². The third-order valence-corrected chi connectivity index (χ3v) is 8.92. The van der Waals surface area contributed by atoms with Crippen molar-refractivity contribution in [3.05, 3.63) is 120 Å². The minimum absolute atomic E-state index is 0.580. The summed E-state index contributed by atoms with van der Waals surface area (Å²) in [6.07, 6.45) is 0. The van der Waals surface area contributed by atoms with Crippen LogP contribution in [-0.4, -0.2) is 8.32 Å². The Hall–Kier alpha value is -3.45. The number of rotatable bonds is 5. The molecule has 4 aromatic rings. The fraction of sp³-hybridized carbons (Fsp3) is 0. The van der Waals surface area contributed by atoms with Crippen LogP contribution in [0.15, 0.2) is 91.0 Å². The standard InChI is InChI=1S/C24H15F5OSi/c25-19-20(26)22(28)24(23(29)21(19)27)30-31(16-10-4-1-5-11-16,17-12-6-2-7-13-17)18-14-8-3-9-15-18/h1-15H. The largest absolute Gasteiger partial charge is 0.526 e. The summed E-state index contributed by atoms with van der Waals surface area (Å²) >= 11 is 0. The zero-order chi connectivity index (χ0) is 22.0. The summed E-state index contributed by atoms with van der Waals surface area (Å²) in [6, 6.07) is 26.0. The van der Waals surface area contributed by atoms with E-state index >= 15 is 0 Å². The van der Waals surface area contributed by atoms with Crippen LogP contribution in [0.5, 0.6) is 5.75 Å². The predicted molar refractivity (Wildman–Crippen MR) is 111 cm³/mol. The molecule has 0 aliphatic heterocycles. The summed E-state index contributed by atoms with van der Waals surface area (Å²) in [6.45, 7) is 0. The van der Waals surface area contributed by atoms with Crippen LogP contribution in [-0.2, 0) is 0 Å². The average molecular weight is 442 g/mol. The molecule has 0 N–H and O–H groups in total. The molecule has 0 radical (unpaired) electrons. The maximum Gasteiger partial charge on any atom is 0.347 e. The van der Waals surface area contributed by atoms with Gasteiger partial charge in [0, 0.05) is 0 Å². The highest BCUT2D eigenvalue weighted by Crippen LogP contribution is 2.31. The molecule has 31 heavy (non-hydrogen) atoms. The quantitative estimate of drug-likeness (QED) is 0.146. The highest BCUT2D eigenvalue weighted by atomic mass is 28.4. The highest BCUT2D eigenvalue weighted by Gasteiger charge is 2.46. The molecule has 0 heterocycles. The molecule has 0 amide bonds. The van der Waals surface area contributed by atoms with Crippen LogP contribution in [0.2, 0.25) is 0 Å². The van der Waals surface area contributed by atoms with Crippen molar-refractivity contribution in [1.82, 2.24) is 0 Å². The fourth-order valence-corrected chi connectivity index (χ4v) is 7.35. The van der Waals surface area contributed by atoms with Crippen LogP contribution in [0, 0.1) is 29.1 Å². The van der Waals surface area contributed by atoms with Gasteiger partial charge in [-0.25, -0.2) is 13.2 Å². The van der Waals surface area contributed by atoms with Crippen molar-refractivity contribution in [1.29, 1.82) is 0 Å². The van der Waals surface area contributed by atoms with Crippen molar-refractivity contribution in [3.8, 4) is 5.75 Å². The van der Waals surface area contributed by atoms with Crippen LogP contribution in [0.1, 0.15) is 0 Å². The molecular weight excluding hydrogens is 427 g/mol. The molecule has 0 fully saturated rings. The topological polar surface area (TPSA) is 9.23 Å². The molecule has 0 spiro atoms. The van der Waals surface area contributed by atoms with E-state index in [0.717, 1.165) is 0 Å². The molecule has 0 saturated heterocycles. The summed E-state index contributed by atoms with van der Waals surface area (Å²) in [5.74, 6) is -11.6. The molecule has 1 nitrogen and oxygen atoms in total. The lowest BCUT2D eigenvalue weighted by Crippen LogP contribution is -2.71. The van der Waals surface area contributed by atoms with Crippen LogP contribution < -0.4 is 20.0 Å². The third-order valence-electron chi connectivity index (χ3n) is 4.97. The van der Waals surface area contributed by atoms with E-state index < -0.39 is 43.2 Å². The second-order valence-corrected chi connectivity index (χ2v) is 10.1. The lowest BCUT2D eigenvalue weighted by molar-refractivity contribution is 0.348. The molecule has 0 aliphatic carbocycles. The van der Waals surface area contributed by atoms with Crippen molar-refractivity contribution < 1.29 is 26.4 Å². The summed E-state index contributed by atoms with van der Waals surface area (Å²) in [4.78, 5) is 0. The van der Waals surface area contributed by atoms with E-state index in [9.17, 15) is 22.0 Å². The number of hydrogen-bond donors (Lipinski definition) is 0. The van der Waals surface area contributed by atoms with Crippen LogP contribution in [0.25, 0.3) is 0 Å². The van der Waals surface area contributed by atoms with E-state index in [1.54, 1.807) is 91.0 Å². The van der Waals surface area contributed by atoms with Crippen LogP contribution in [0.4, 0.5) is 22.0 Å². The van der Waals surface area contributed by atoms with E-state index in [1.807, 2.05) is 0 Å². The minimum Gasteiger partial charge on any atom is -0.526 e. The first-order valence-corrected chi connectivity index (χ1v) is 11.2. The van der Waals surface area contributed by atoms with Gasteiger partial charge in [0.25, 0.3) is 0 Å². The second kappa shape index (κ2) is 8.35. The molecule has 0 saturated carbocycles. The molecule has 0 unspecified atom stereocenters. The van der Waals surface area contributed by atoms with E-state index in [1.165, 1.54) is 0 Å². The van der Waals surface area contributed by atoms with Gasteiger partial charge in [-0.1, -0.05) is 91.0 Å². The second-order valence-electron chi connectivity index (χ2n) is 6.78. The number of halogens is 5. The molecule has 0 aliphatic rings. The Kier molecular flexibility index (Phi) is 5.61. The minimum atomic E-state index is -3.73. The van der Waals surface area contributed by atoms with Gasteiger partial charge < -0.3 is 4.43 Å². The van der Waals surface area contributed by atoms with E-state index in [4.69, 9.17) is 4.43 Å². The van der Waals surface area contributed by atoms with E-state index in [-0.39, 0.29) is 0 Å².